The van der Waals surface area contributed by atoms with Gasteiger partial charge >= 0.3 is 0 Å². The molecule has 2 heterocycles. The summed E-state index contributed by atoms with van der Waals surface area (Å²) in [6, 6.07) is 17.4. The van der Waals surface area contributed by atoms with Crippen molar-refractivity contribution in [2.75, 3.05) is 32.1 Å². The van der Waals surface area contributed by atoms with E-state index in [-0.39, 0.29) is 24.3 Å². The van der Waals surface area contributed by atoms with Gasteiger partial charge in [-0.1, -0.05) is 12.1 Å². The van der Waals surface area contributed by atoms with Gasteiger partial charge in [0, 0.05) is 41.9 Å². The number of fused-ring (bicyclic) bond motifs is 1. The highest BCUT2D eigenvalue weighted by molar-refractivity contribution is 7.99. The summed E-state index contributed by atoms with van der Waals surface area (Å²) in [6.07, 6.45) is 1.50. The number of halogens is 2. The van der Waals surface area contributed by atoms with Crippen molar-refractivity contribution in [1.29, 1.82) is 0 Å². The fourth-order valence-corrected chi connectivity index (χ4v) is 6.17. The Hall–Kier alpha value is -2.84. The first-order valence-corrected chi connectivity index (χ1v) is 13.8. The minimum Gasteiger partial charge on any atom is -0.516 e. The van der Waals surface area contributed by atoms with Gasteiger partial charge in [-0.15, -0.1) is 11.8 Å². The van der Waals surface area contributed by atoms with Gasteiger partial charge in [-0.05, 0) is 82.9 Å². The van der Waals surface area contributed by atoms with E-state index in [4.69, 9.17) is 33.0 Å². The molecule has 3 aromatic carbocycles. The third-order valence-corrected chi connectivity index (χ3v) is 7.83. The highest BCUT2D eigenvalue weighted by atomic mass is 32.2. The Labute approximate surface area is 236 Å². The number of nitrogens with zero attached hydrogens (tertiary/aromatic N) is 1. The maximum atomic E-state index is 15.4. The summed E-state index contributed by atoms with van der Waals surface area (Å²) < 4.78 is 39.3. The number of hydrogen-bond donors (Lipinski definition) is 1. The summed E-state index contributed by atoms with van der Waals surface area (Å²) in [7, 11) is 16.5. The van der Waals surface area contributed by atoms with E-state index < -0.39 is 11.1 Å². The fraction of sp³-hybridized carbons (Fsp3) is 0.310. The molecule has 1 atom stereocenters. The van der Waals surface area contributed by atoms with Gasteiger partial charge in [0.1, 0.15) is 52.7 Å². The van der Waals surface area contributed by atoms with Gasteiger partial charge in [0.05, 0.1) is 6.67 Å². The third-order valence-electron chi connectivity index (χ3n) is 6.75. The molecule has 2 aliphatic heterocycles. The highest BCUT2D eigenvalue weighted by Gasteiger charge is 2.26. The molecule has 0 bridgehead atoms. The molecule has 1 N–H and O–H groups in total. The lowest BCUT2D eigenvalue weighted by atomic mass is 9.52. The number of alkyl halides is 1. The van der Waals surface area contributed by atoms with Crippen LogP contribution >= 0.6 is 11.8 Å². The Balaban J connectivity index is 1.46. The minimum absolute atomic E-state index is 0.0594. The molecule has 5 rings (SSSR count). The zero-order chi connectivity index (χ0) is 27.6. The molecule has 0 spiro atoms. The molecule has 194 valence electrons. The molecular weight excluding hydrogens is 513 g/mol. The van der Waals surface area contributed by atoms with Crippen LogP contribution in [0.4, 0.5) is 8.78 Å². The second kappa shape index (κ2) is 11.7. The van der Waals surface area contributed by atoms with Crippen molar-refractivity contribution in [3.8, 4) is 17.2 Å². The van der Waals surface area contributed by atoms with Crippen LogP contribution in [0.1, 0.15) is 29.5 Å². The molecule has 0 aliphatic carbocycles. The number of phenolic OH excluding ortho intramolecular Hbond substituents is 1. The normalized spacial score (nSPS) is 17.7. The second-order valence-corrected chi connectivity index (χ2v) is 10.8. The van der Waals surface area contributed by atoms with Crippen molar-refractivity contribution in [2.24, 2.45) is 0 Å². The first kappa shape index (κ1) is 27.7. The van der Waals surface area contributed by atoms with E-state index in [0.717, 1.165) is 59.0 Å². The Morgan fingerprint density at radius 2 is 1.74 bits per heavy atom. The first-order valence-electron chi connectivity index (χ1n) is 12.8. The quantitative estimate of drug-likeness (QED) is 0.392. The van der Waals surface area contributed by atoms with Crippen molar-refractivity contribution in [2.45, 2.75) is 29.1 Å². The smallest absolute Gasteiger partial charge is 0.134 e. The summed E-state index contributed by atoms with van der Waals surface area (Å²) in [5.74, 6) is 1.04. The number of rotatable bonds is 9. The molecule has 0 aromatic heterocycles. The lowest BCUT2D eigenvalue weighted by Crippen LogP contribution is -2.37. The molecule has 6 radical (unpaired) electrons. The molecule has 0 amide bonds. The van der Waals surface area contributed by atoms with E-state index in [9.17, 15) is 9.50 Å². The Bertz CT molecular complexity index is 1360. The maximum absolute atomic E-state index is 15.4. The lowest BCUT2D eigenvalue weighted by molar-refractivity contribution is 0.198. The summed E-state index contributed by atoms with van der Waals surface area (Å²) in [5, 5.41) is 8.14. The Morgan fingerprint density at radius 3 is 2.46 bits per heavy atom. The fourth-order valence-electron chi connectivity index (χ4n) is 5.04. The molecule has 10 heteroatoms. The summed E-state index contributed by atoms with van der Waals surface area (Å²) >= 11 is 1.53. The van der Waals surface area contributed by atoms with E-state index in [1.165, 1.54) is 17.8 Å². The highest BCUT2D eigenvalue weighted by Crippen LogP contribution is 2.46. The van der Waals surface area contributed by atoms with E-state index >= 15 is 4.39 Å². The predicted octanol–water partition coefficient (Wildman–Crippen LogP) is 4.90. The SMILES string of the molecule is [B]C([B])([B])Oc1ccc(C2=C(c3ccc(O[C@H]4CCN(CCCF)C4)cc3)c3ccc(O)cc3SC2)c(F)c1. The van der Waals surface area contributed by atoms with Gasteiger partial charge in [-0.3, -0.25) is 9.29 Å². The Morgan fingerprint density at radius 1 is 1.00 bits per heavy atom. The first-order chi connectivity index (χ1) is 18.7. The summed E-state index contributed by atoms with van der Waals surface area (Å²) in [4.78, 5) is 3.13. The minimum atomic E-state index is -1.92. The van der Waals surface area contributed by atoms with E-state index in [1.54, 1.807) is 24.3 Å². The molecule has 1 saturated heterocycles. The van der Waals surface area contributed by atoms with Gasteiger partial charge in [0.25, 0.3) is 0 Å². The lowest BCUT2D eigenvalue weighted by Gasteiger charge is -2.26. The summed E-state index contributed by atoms with van der Waals surface area (Å²) in [6.45, 7) is 2.12. The molecule has 39 heavy (non-hydrogen) atoms. The van der Waals surface area contributed by atoms with Gasteiger partial charge in [-0.25, -0.2) is 4.39 Å². The number of thioether (sulfide) groups is 1. The molecule has 1 fully saturated rings. The molecule has 0 saturated carbocycles. The van der Waals surface area contributed by atoms with Crippen molar-refractivity contribution >= 4 is 46.4 Å². The van der Waals surface area contributed by atoms with Crippen molar-refractivity contribution in [1.82, 2.24) is 4.90 Å². The van der Waals surface area contributed by atoms with Gasteiger partial charge < -0.3 is 14.6 Å². The topological polar surface area (TPSA) is 41.9 Å². The molecule has 3 aromatic rings. The van der Waals surface area contributed by atoms with Crippen LogP contribution in [-0.4, -0.2) is 77.0 Å². The zero-order valence-electron chi connectivity index (χ0n) is 21.4. The van der Waals surface area contributed by atoms with Crippen molar-refractivity contribution in [3.05, 3.63) is 83.2 Å². The van der Waals surface area contributed by atoms with Crippen molar-refractivity contribution in [3.63, 3.8) is 0 Å². The number of aromatic hydroxyl groups is 1. The Kier molecular flexibility index (Phi) is 8.33. The van der Waals surface area contributed by atoms with E-state index in [2.05, 4.69) is 4.90 Å². The van der Waals surface area contributed by atoms with Crippen LogP contribution in [0.25, 0.3) is 11.1 Å². The molecule has 2 aliphatic rings. The largest absolute Gasteiger partial charge is 0.516 e. The monoisotopic (exact) mass is 539 g/mol. The van der Waals surface area contributed by atoms with Gasteiger partial charge in [-0.2, -0.15) is 0 Å². The number of phenols is 1. The van der Waals surface area contributed by atoms with Crippen LogP contribution in [0.5, 0.6) is 17.2 Å². The molecular formula is C29H26B3F2NO3S. The van der Waals surface area contributed by atoms with E-state index in [1.807, 2.05) is 30.3 Å². The average molecular weight is 539 g/mol. The second-order valence-electron chi connectivity index (χ2n) is 9.82. The van der Waals surface area contributed by atoms with E-state index in [0.29, 0.717) is 17.7 Å². The van der Waals surface area contributed by atoms with Gasteiger partial charge in [0.2, 0.25) is 0 Å². The standard InChI is InChI=1S/C29H26B3F2NO3S/c30-29(31,32)38-21-7-9-23(26(34)15-21)25-17-39-27-14-19(36)4-8-24(27)28(25)18-2-5-20(6-3-18)37-22-10-13-35(16-22)12-1-11-33/h2-9,14-15,22,36H,1,10-13,16-17H2/t22-/m0/s1. The predicted molar refractivity (Wildman–Crippen MR) is 154 cm³/mol. The zero-order valence-corrected chi connectivity index (χ0v) is 22.2. The van der Waals surface area contributed by atoms with Gasteiger partial charge in [0.15, 0.2) is 0 Å². The average Bonchev–Trinajstić information content (AvgIpc) is 3.33. The van der Waals surface area contributed by atoms with Crippen LogP contribution in [0.2, 0.25) is 0 Å². The number of benzene rings is 3. The van der Waals surface area contributed by atoms with Crippen LogP contribution in [0.3, 0.4) is 0 Å². The van der Waals surface area contributed by atoms with Crippen LogP contribution in [0.15, 0.2) is 65.6 Å². The molecule has 4 nitrogen and oxygen atoms in total. The number of hydrogen-bond acceptors (Lipinski definition) is 5. The number of ether oxygens (including phenoxy) is 2. The summed E-state index contributed by atoms with van der Waals surface area (Å²) in [5.41, 5.74) is 3.88. The number of likely N-dealkylation sites (tertiary alicyclic amines) is 1. The molecule has 0 unspecified atom stereocenters. The van der Waals surface area contributed by atoms with Crippen LogP contribution in [0, 0.1) is 5.82 Å². The van der Waals surface area contributed by atoms with Crippen LogP contribution < -0.4 is 9.47 Å². The van der Waals surface area contributed by atoms with Crippen molar-refractivity contribution < 1.29 is 23.4 Å². The maximum Gasteiger partial charge on any atom is 0.134 e. The van der Waals surface area contributed by atoms with Crippen LogP contribution in [-0.2, 0) is 0 Å². The third kappa shape index (κ3) is 6.67.